The largest absolute Gasteiger partial charge is 0.424 e. The van der Waals surface area contributed by atoms with Crippen molar-refractivity contribution in [3.63, 3.8) is 0 Å². The molecule has 1 aliphatic rings. The zero-order valence-corrected chi connectivity index (χ0v) is 28.2. The molecule has 3 aromatic heterocycles. The van der Waals surface area contributed by atoms with Crippen molar-refractivity contribution in [2.45, 2.75) is 77.6 Å². The van der Waals surface area contributed by atoms with E-state index in [0.29, 0.717) is 79.5 Å². The molecule has 1 amide bonds. The molecule has 0 saturated carbocycles. The van der Waals surface area contributed by atoms with E-state index < -0.39 is 0 Å². The number of aromatic nitrogens is 5. The molecule has 48 heavy (non-hydrogen) atoms. The van der Waals surface area contributed by atoms with Gasteiger partial charge in [0, 0.05) is 37.4 Å². The third-order valence-electron chi connectivity index (χ3n) is 8.75. The molecule has 6 N–H and O–H groups in total. The predicted octanol–water partition coefficient (Wildman–Crippen LogP) is 4.45. The SMILES string of the molecule is CC(C)(N)CCOC(C)(C)CCOCCC(=O)N1CCc2cc(Cn3nc(-c4ccc5oc(N)nc5c4)c4c(N)ncnc43)ccc2C1. The van der Waals surface area contributed by atoms with E-state index >= 15 is 0 Å². The monoisotopic (exact) mass is 655 g/mol. The van der Waals surface area contributed by atoms with Crippen molar-refractivity contribution in [2.24, 2.45) is 5.73 Å². The Balaban J connectivity index is 1.05. The van der Waals surface area contributed by atoms with Gasteiger partial charge in [0.2, 0.25) is 5.91 Å². The Labute approximate surface area is 279 Å². The highest BCUT2D eigenvalue weighted by molar-refractivity contribution is 5.99. The molecule has 254 valence electrons. The van der Waals surface area contributed by atoms with Crippen LogP contribution in [0.25, 0.3) is 33.4 Å². The van der Waals surface area contributed by atoms with Gasteiger partial charge in [-0.05, 0) is 81.8 Å². The van der Waals surface area contributed by atoms with Crippen molar-refractivity contribution in [1.29, 1.82) is 0 Å². The second-order valence-electron chi connectivity index (χ2n) is 13.8. The molecule has 0 radical (unpaired) electrons. The molecule has 0 unspecified atom stereocenters. The van der Waals surface area contributed by atoms with Crippen LogP contribution in [-0.2, 0) is 33.8 Å². The molecular formula is C35H45N9O4. The van der Waals surface area contributed by atoms with Crippen LogP contribution >= 0.6 is 0 Å². The van der Waals surface area contributed by atoms with Gasteiger partial charge in [-0.3, -0.25) is 4.79 Å². The highest BCUT2D eigenvalue weighted by Gasteiger charge is 2.23. The number of amides is 1. The third-order valence-corrected chi connectivity index (χ3v) is 8.75. The van der Waals surface area contributed by atoms with Gasteiger partial charge in [-0.2, -0.15) is 10.1 Å². The number of fused-ring (bicyclic) bond motifs is 3. The Bertz CT molecular complexity index is 1920. The molecule has 1 aliphatic heterocycles. The first kappa shape index (κ1) is 33.3. The van der Waals surface area contributed by atoms with E-state index in [0.717, 1.165) is 36.0 Å². The number of anilines is 2. The lowest BCUT2D eigenvalue weighted by molar-refractivity contribution is -0.133. The first-order valence-electron chi connectivity index (χ1n) is 16.4. The number of nitrogens with two attached hydrogens (primary N) is 3. The molecule has 6 rings (SSSR count). The maximum absolute atomic E-state index is 13.0. The van der Waals surface area contributed by atoms with Crippen LogP contribution in [0.5, 0.6) is 0 Å². The molecule has 0 spiro atoms. The van der Waals surface area contributed by atoms with Gasteiger partial charge in [-0.1, -0.05) is 18.2 Å². The van der Waals surface area contributed by atoms with E-state index in [1.54, 1.807) is 0 Å². The number of carbonyl (C=O) groups excluding carboxylic acids is 1. The minimum atomic E-state index is -0.304. The summed E-state index contributed by atoms with van der Waals surface area (Å²) in [5, 5.41) is 5.60. The van der Waals surface area contributed by atoms with Crippen LogP contribution in [0.2, 0.25) is 0 Å². The second-order valence-corrected chi connectivity index (χ2v) is 13.8. The fraction of sp³-hybridized carbons (Fsp3) is 0.457. The van der Waals surface area contributed by atoms with E-state index in [2.05, 4.69) is 47.0 Å². The fourth-order valence-electron chi connectivity index (χ4n) is 5.93. The molecule has 0 saturated heterocycles. The van der Waals surface area contributed by atoms with Gasteiger partial charge in [0.1, 0.15) is 23.4 Å². The summed E-state index contributed by atoms with van der Waals surface area (Å²) in [5.74, 6) is 0.451. The van der Waals surface area contributed by atoms with E-state index in [1.165, 1.54) is 11.9 Å². The maximum atomic E-state index is 13.0. The van der Waals surface area contributed by atoms with Gasteiger partial charge in [-0.15, -0.1) is 0 Å². The molecule has 0 bridgehead atoms. The minimum Gasteiger partial charge on any atom is -0.424 e. The van der Waals surface area contributed by atoms with Gasteiger partial charge in [0.05, 0.1) is 30.6 Å². The van der Waals surface area contributed by atoms with E-state index in [1.807, 2.05) is 41.6 Å². The smallest absolute Gasteiger partial charge is 0.292 e. The van der Waals surface area contributed by atoms with Crippen molar-refractivity contribution in [2.75, 3.05) is 37.8 Å². The number of nitrogen functional groups attached to an aromatic ring is 2. The lowest BCUT2D eigenvalue weighted by Gasteiger charge is -2.29. The third kappa shape index (κ3) is 7.75. The number of nitrogens with zero attached hydrogens (tertiary/aromatic N) is 6. The summed E-state index contributed by atoms with van der Waals surface area (Å²) in [6, 6.07) is 12.1. The number of benzene rings is 2. The molecule has 4 heterocycles. The van der Waals surface area contributed by atoms with Crippen LogP contribution in [0.4, 0.5) is 11.8 Å². The van der Waals surface area contributed by atoms with Gasteiger partial charge < -0.3 is 36.0 Å². The van der Waals surface area contributed by atoms with E-state index in [4.69, 9.17) is 36.2 Å². The molecule has 0 atom stereocenters. The number of hydrogen-bond acceptors (Lipinski definition) is 11. The molecule has 5 aromatic rings. The minimum absolute atomic E-state index is 0.102. The lowest BCUT2D eigenvalue weighted by atomic mass is 9.97. The zero-order chi connectivity index (χ0) is 34.1. The van der Waals surface area contributed by atoms with E-state index in [-0.39, 0.29) is 23.1 Å². The fourth-order valence-corrected chi connectivity index (χ4v) is 5.93. The van der Waals surface area contributed by atoms with Crippen molar-refractivity contribution in [1.82, 2.24) is 29.6 Å². The summed E-state index contributed by atoms with van der Waals surface area (Å²) in [4.78, 5) is 27.9. The topological polar surface area (TPSA) is 186 Å². The second kappa shape index (κ2) is 13.5. The average Bonchev–Trinajstić information content (AvgIpc) is 3.59. The molecule has 0 aliphatic carbocycles. The van der Waals surface area contributed by atoms with Gasteiger partial charge in [0.15, 0.2) is 11.2 Å². The van der Waals surface area contributed by atoms with Crippen molar-refractivity contribution >= 4 is 39.9 Å². The number of hydrogen-bond donors (Lipinski definition) is 3. The van der Waals surface area contributed by atoms with Crippen LogP contribution < -0.4 is 17.2 Å². The Kier molecular flexibility index (Phi) is 9.37. The Morgan fingerprint density at radius 3 is 2.65 bits per heavy atom. The molecule has 0 fully saturated rings. The summed E-state index contributed by atoms with van der Waals surface area (Å²) >= 11 is 0. The zero-order valence-electron chi connectivity index (χ0n) is 28.2. The highest BCUT2D eigenvalue weighted by Crippen LogP contribution is 2.33. The van der Waals surface area contributed by atoms with Crippen molar-refractivity contribution < 1.29 is 18.7 Å². The molecule has 13 heteroatoms. The first-order valence-corrected chi connectivity index (χ1v) is 16.4. The maximum Gasteiger partial charge on any atom is 0.292 e. The number of ether oxygens (including phenoxy) is 2. The molecule has 13 nitrogen and oxygen atoms in total. The van der Waals surface area contributed by atoms with Crippen LogP contribution in [0, 0.1) is 0 Å². The van der Waals surface area contributed by atoms with Gasteiger partial charge >= 0.3 is 0 Å². The van der Waals surface area contributed by atoms with Gasteiger partial charge in [0.25, 0.3) is 6.01 Å². The first-order chi connectivity index (χ1) is 22.8. The van der Waals surface area contributed by atoms with Crippen LogP contribution in [-0.4, -0.2) is 73.0 Å². The van der Waals surface area contributed by atoms with E-state index in [9.17, 15) is 4.79 Å². The number of carbonyl (C=O) groups is 1. The summed E-state index contributed by atoms with van der Waals surface area (Å²) in [6.07, 6.45) is 4.12. The highest BCUT2D eigenvalue weighted by atomic mass is 16.5. The van der Waals surface area contributed by atoms with Crippen molar-refractivity contribution in [3.8, 4) is 11.3 Å². The number of oxazole rings is 1. The summed E-state index contributed by atoms with van der Waals surface area (Å²) in [5.41, 5.74) is 24.4. The standard InChI is InChI=1S/C35H45N9O4/c1-34(2,38)11-16-47-35(3,4)12-15-46-14-10-28(45)43-13-9-23-17-22(5-6-25(23)20-43)19-44-32-29(31(36)39-21-40-32)30(42-44)24-7-8-27-26(18-24)41-33(37)48-27/h5-8,17-18,21H,9-16,19-20,38H2,1-4H3,(H2,37,41)(H2,36,39,40). The van der Waals surface area contributed by atoms with Gasteiger partial charge in [-0.25, -0.2) is 14.6 Å². The summed E-state index contributed by atoms with van der Waals surface area (Å²) in [7, 11) is 0. The van der Waals surface area contributed by atoms with Crippen molar-refractivity contribution in [3.05, 3.63) is 59.4 Å². The Hall–Kier alpha value is -4.59. The average molecular weight is 656 g/mol. The normalized spacial score (nSPS) is 13.8. The summed E-state index contributed by atoms with van der Waals surface area (Å²) < 4.78 is 19.1. The predicted molar refractivity (Wildman–Crippen MR) is 185 cm³/mol. The van der Waals surface area contributed by atoms with Crippen LogP contribution in [0.3, 0.4) is 0 Å². The van der Waals surface area contributed by atoms with Crippen LogP contribution in [0.1, 0.15) is 63.6 Å². The summed E-state index contributed by atoms with van der Waals surface area (Å²) in [6.45, 7) is 11.4. The Morgan fingerprint density at radius 2 is 1.83 bits per heavy atom. The van der Waals surface area contributed by atoms with Crippen LogP contribution in [0.15, 0.2) is 47.1 Å². The Morgan fingerprint density at radius 1 is 1.00 bits per heavy atom. The number of rotatable bonds is 13. The molecule has 2 aromatic carbocycles. The lowest BCUT2D eigenvalue weighted by Crippen LogP contribution is -2.36. The molecular weight excluding hydrogens is 610 g/mol. The quantitative estimate of drug-likeness (QED) is 0.152.